The minimum absolute atomic E-state index is 0.708. The molecule has 2 rings (SSSR count). The summed E-state index contributed by atoms with van der Waals surface area (Å²) in [5.41, 5.74) is 2.62. The molecule has 1 saturated carbocycles. The third-order valence-corrected chi connectivity index (χ3v) is 4.17. The summed E-state index contributed by atoms with van der Waals surface area (Å²) >= 11 is 0. The highest BCUT2D eigenvalue weighted by molar-refractivity contribution is 5.16. The van der Waals surface area contributed by atoms with Gasteiger partial charge in [-0.05, 0) is 31.6 Å². The van der Waals surface area contributed by atoms with Crippen LogP contribution in [0.2, 0.25) is 0 Å². The van der Waals surface area contributed by atoms with Gasteiger partial charge in [-0.3, -0.25) is 4.68 Å². The van der Waals surface area contributed by atoms with Crippen molar-refractivity contribution in [3.05, 3.63) is 17.5 Å². The van der Waals surface area contributed by atoms with Crippen molar-refractivity contribution >= 4 is 0 Å². The summed E-state index contributed by atoms with van der Waals surface area (Å²) in [6.45, 7) is 5.55. The molecule has 1 aliphatic rings. The van der Waals surface area contributed by atoms with Crippen LogP contribution < -0.4 is 5.32 Å². The van der Waals surface area contributed by atoms with E-state index in [1.54, 1.807) is 0 Å². The van der Waals surface area contributed by atoms with Gasteiger partial charge in [-0.25, -0.2) is 0 Å². The van der Waals surface area contributed by atoms with E-state index >= 15 is 0 Å². The van der Waals surface area contributed by atoms with E-state index < -0.39 is 0 Å². The second-order valence-electron chi connectivity index (χ2n) is 5.82. The molecule has 1 heterocycles. The van der Waals surface area contributed by atoms with Crippen molar-refractivity contribution < 1.29 is 0 Å². The molecule has 2 unspecified atom stereocenters. The lowest BCUT2D eigenvalue weighted by Crippen LogP contribution is -2.28. The van der Waals surface area contributed by atoms with E-state index in [1.165, 1.54) is 43.4 Å². The van der Waals surface area contributed by atoms with Gasteiger partial charge in [-0.2, -0.15) is 5.10 Å². The SMILES string of the molecule is CCc1nn(C)cc1CNC1CCCC(C)CC1. The Morgan fingerprint density at radius 3 is 2.94 bits per heavy atom. The van der Waals surface area contributed by atoms with Gasteiger partial charge in [0.25, 0.3) is 0 Å². The Labute approximate surface area is 111 Å². The van der Waals surface area contributed by atoms with Crippen molar-refractivity contribution in [2.45, 2.75) is 65.0 Å². The molecule has 3 heteroatoms. The molecule has 0 spiro atoms. The fourth-order valence-electron chi connectivity index (χ4n) is 2.97. The largest absolute Gasteiger partial charge is 0.310 e. The van der Waals surface area contributed by atoms with Crippen molar-refractivity contribution in [2.24, 2.45) is 13.0 Å². The van der Waals surface area contributed by atoms with Crippen molar-refractivity contribution in [1.29, 1.82) is 0 Å². The van der Waals surface area contributed by atoms with Gasteiger partial charge in [-0.15, -0.1) is 0 Å². The van der Waals surface area contributed by atoms with Crippen LogP contribution in [0.5, 0.6) is 0 Å². The zero-order chi connectivity index (χ0) is 13.0. The highest BCUT2D eigenvalue weighted by Crippen LogP contribution is 2.23. The molecule has 18 heavy (non-hydrogen) atoms. The molecule has 0 aromatic carbocycles. The number of nitrogens with zero attached hydrogens (tertiary/aromatic N) is 2. The molecule has 0 saturated heterocycles. The molecule has 3 nitrogen and oxygen atoms in total. The molecular weight excluding hydrogens is 222 g/mol. The summed E-state index contributed by atoms with van der Waals surface area (Å²) in [6, 6.07) is 0.708. The Balaban J connectivity index is 1.86. The minimum Gasteiger partial charge on any atom is -0.310 e. The lowest BCUT2D eigenvalue weighted by atomic mass is 10.0. The van der Waals surface area contributed by atoms with Crippen molar-refractivity contribution in [3.63, 3.8) is 0 Å². The monoisotopic (exact) mass is 249 g/mol. The summed E-state index contributed by atoms with van der Waals surface area (Å²) in [4.78, 5) is 0. The van der Waals surface area contributed by atoms with Crippen LogP contribution in [0.15, 0.2) is 6.20 Å². The van der Waals surface area contributed by atoms with Crippen LogP contribution in [0.4, 0.5) is 0 Å². The number of aromatic nitrogens is 2. The number of hydrogen-bond donors (Lipinski definition) is 1. The van der Waals surface area contributed by atoms with Gasteiger partial charge in [-0.1, -0.05) is 26.7 Å². The maximum absolute atomic E-state index is 4.50. The average Bonchev–Trinajstić information content (AvgIpc) is 2.58. The van der Waals surface area contributed by atoms with E-state index in [9.17, 15) is 0 Å². The summed E-state index contributed by atoms with van der Waals surface area (Å²) in [5.74, 6) is 0.918. The molecular formula is C15H27N3. The standard InChI is InChI=1S/C15H27N3/c1-4-15-13(11-18(3)17-15)10-16-14-7-5-6-12(2)8-9-14/h11-12,14,16H,4-10H2,1-3H3. The Hall–Kier alpha value is -0.830. The number of rotatable bonds is 4. The quantitative estimate of drug-likeness (QED) is 0.831. The molecule has 1 aromatic rings. The van der Waals surface area contributed by atoms with Crippen LogP contribution in [-0.2, 0) is 20.0 Å². The zero-order valence-corrected chi connectivity index (χ0v) is 12.1. The van der Waals surface area contributed by atoms with E-state index in [4.69, 9.17) is 0 Å². The Kier molecular flexibility index (Phi) is 4.81. The Morgan fingerprint density at radius 2 is 2.17 bits per heavy atom. The number of nitrogens with one attached hydrogen (secondary N) is 1. The van der Waals surface area contributed by atoms with Crippen molar-refractivity contribution in [3.8, 4) is 0 Å². The summed E-state index contributed by atoms with van der Waals surface area (Å²) in [7, 11) is 2.01. The lowest BCUT2D eigenvalue weighted by molar-refractivity contribution is 0.446. The summed E-state index contributed by atoms with van der Waals surface area (Å²) in [5, 5.41) is 8.23. The minimum atomic E-state index is 0.708. The molecule has 1 fully saturated rings. The molecule has 2 atom stereocenters. The predicted molar refractivity (Wildman–Crippen MR) is 75.5 cm³/mol. The third-order valence-electron chi connectivity index (χ3n) is 4.17. The van der Waals surface area contributed by atoms with E-state index in [0.29, 0.717) is 6.04 Å². The van der Waals surface area contributed by atoms with Crippen LogP contribution in [0, 0.1) is 5.92 Å². The first-order valence-electron chi connectivity index (χ1n) is 7.43. The van der Waals surface area contributed by atoms with Crippen LogP contribution >= 0.6 is 0 Å². The second-order valence-corrected chi connectivity index (χ2v) is 5.82. The molecule has 0 radical (unpaired) electrons. The number of hydrogen-bond acceptors (Lipinski definition) is 2. The normalized spacial score (nSPS) is 25.1. The second kappa shape index (κ2) is 6.37. The first-order chi connectivity index (χ1) is 8.69. The molecule has 0 amide bonds. The van der Waals surface area contributed by atoms with Crippen LogP contribution in [0.25, 0.3) is 0 Å². The van der Waals surface area contributed by atoms with Crippen LogP contribution in [0.1, 0.15) is 57.2 Å². The van der Waals surface area contributed by atoms with Crippen molar-refractivity contribution in [2.75, 3.05) is 0 Å². The van der Waals surface area contributed by atoms with Gasteiger partial charge in [0.05, 0.1) is 5.69 Å². The summed E-state index contributed by atoms with van der Waals surface area (Å²) in [6.07, 6.45) is 10.0. The van der Waals surface area contributed by atoms with Gasteiger partial charge < -0.3 is 5.32 Å². The maximum Gasteiger partial charge on any atom is 0.0666 e. The lowest BCUT2D eigenvalue weighted by Gasteiger charge is -2.16. The maximum atomic E-state index is 4.50. The molecule has 1 aliphatic carbocycles. The summed E-state index contributed by atoms with van der Waals surface area (Å²) < 4.78 is 1.94. The van der Waals surface area contributed by atoms with E-state index in [0.717, 1.165) is 18.9 Å². The average molecular weight is 249 g/mol. The van der Waals surface area contributed by atoms with E-state index in [2.05, 4.69) is 30.5 Å². The fourth-order valence-corrected chi connectivity index (χ4v) is 2.97. The van der Waals surface area contributed by atoms with Crippen molar-refractivity contribution in [1.82, 2.24) is 15.1 Å². The molecule has 1 aromatic heterocycles. The third kappa shape index (κ3) is 3.58. The highest BCUT2D eigenvalue weighted by atomic mass is 15.3. The topological polar surface area (TPSA) is 29.9 Å². The molecule has 0 bridgehead atoms. The first-order valence-corrected chi connectivity index (χ1v) is 7.43. The molecule has 0 aliphatic heterocycles. The van der Waals surface area contributed by atoms with Gasteiger partial charge in [0.15, 0.2) is 0 Å². The van der Waals surface area contributed by atoms with Gasteiger partial charge in [0.2, 0.25) is 0 Å². The predicted octanol–water partition coefficient (Wildman–Crippen LogP) is 3.04. The number of aryl methyl sites for hydroxylation is 2. The van der Waals surface area contributed by atoms with Crippen LogP contribution in [0.3, 0.4) is 0 Å². The van der Waals surface area contributed by atoms with Gasteiger partial charge in [0.1, 0.15) is 0 Å². The smallest absolute Gasteiger partial charge is 0.0666 e. The molecule has 102 valence electrons. The highest BCUT2D eigenvalue weighted by Gasteiger charge is 2.16. The van der Waals surface area contributed by atoms with E-state index in [-0.39, 0.29) is 0 Å². The fraction of sp³-hybridized carbons (Fsp3) is 0.800. The van der Waals surface area contributed by atoms with E-state index in [1.807, 2.05) is 11.7 Å². The van der Waals surface area contributed by atoms with Gasteiger partial charge in [0, 0.05) is 31.4 Å². The van der Waals surface area contributed by atoms with Crippen LogP contribution in [-0.4, -0.2) is 15.8 Å². The first kappa shape index (κ1) is 13.6. The zero-order valence-electron chi connectivity index (χ0n) is 12.1. The van der Waals surface area contributed by atoms with Gasteiger partial charge >= 0.3 is 0 Å². The Bertz CT molecular complexity index is 370. The Morgan fingerprint density at radius 1 is 1.33 bits per heavy atom. The molecule has 1 N–H and O–H groups in total.